The van der Waals surface area contributed by atoms with Crippen LogP contribution in [-0.4, -0.2) is 6.54 Å². The zero-order chi connectivity index (χ0) is 14.9. The van der Waals surface area contributed by atoms with Crippen molar-refractivity contribution in [1.29, 1.82) is 0 Å². The van der Waals surface area contributed by atoms with Crippen LogP contribution in [-0.2, 0) is 6.54 Å². The highest BCUT2D eigenvalue weighted by molar-refractivity contribution is 5.76. The summed E-state index contributed by atoms with van der Waals surface area (Å²) in [7, 11) is 0. The average molecular weight is 277 g/mol. The Morgan fingerprint density at radius 3 is 2.76 bits per heavy atom. The van der Waals surface area contributed by atoms with Gasteiger partial charge in [-0.05, 0) is 35.1 Å². The molecule has 0 unspecified atom stereocenters. The lowest BCUT2D eigenvalue weighted by atomic mass is 9.95. The van der Waals surface area contributed by atoms with Crippen molar-refractivity contribution in [3.8, 4) is 0 Å². The SMILES string of the molecule is C=C/C=C(\C=C)CNCc1ccccc1C1=CCCC=C1. The third-order valence-corrected chi connectivity index (χ3v) is 3.56. The van der Waals surface area contributed by atoms with Crippen LogP contribution in [0.15, 0.2) is 79.5 Å². The van der Waals surface area contributed by atoms with E-state index in [0.717, 1.165) is 31.5 Å². The predicted molar refractivity (Wildman–Crippen MR) is 93.0 cm³/mol. The maximum Gasteiger partial charge on any atom is 0.0214 e. The van der Waals surface area contributed by atoms with Gasteiger partial charge in [-0.3, -0.25) is 0 Å². The summed E-state index contributed by atoms with van der Waals surface area (Å²) in [6.07, 6.45) is 14.7. The summed E-state index contributed by atoms with van der Waals surface area (Å²) in [5, 5.41) is 3.48. The van der Waals surface area contributed by atoms with E-state index in [1.165, 1.54) is 16.7 Å². The first-order valence-electron chi connectivity index (χ1n) is 7.45. The molecule has 21 heavy (non-hydrogen) atoms. The minimum absolute atomic E-state index is 0.804. The number of allylic oxidation sites excluding steroid dienone is 6. The summed E-state index contributed by atoms with van der Waals surface area (Å²) in [5.74, 6) is 0. The Morgan fingerprint density at radius 2 is 2.05 bits per heavy atom. The molecule has 1 aliphatic rings. The molecule has 108 valence electrons. The topological polar surface area (TPSA) is 12.0 Å². The van der Waals surface area contributed by atoms with E-state index in [0.29, 0.717) is 0 Å². The Hall–Kier alpha value is -2.12. The van der Waals surface area contributed by atoms with Gasteiger partial charge in [0.05, 0.1) is 0 Å². The fourth-order valence-electron chi connectivity index (χ4n) is 2.46. The zero-order valence-corrected chi connectivity index (χ0v) is 12.5. The second-order valence-corrected chi connectivity index (χ2v) is 5.08. The molecule has 1 aromatic rings. The molecule has 0 saturated heterocycles. The summed E-state index contributed by atoms with van der Waals surface area (Å²) in [4.78, 5) is 0. The molecule has 0 amide bonds. The number of rotatable bonds is 7. The van der Waals surface area contributed by atoms with Crippen molar-refractivity contribution in [2.75, 3.05) is 6.54 Å². The summed E-state index contributed by atoms with van der Waals surface area (Å²) >= 11 is 0. The number of nitrogens with one attached hydrogen (secondary N) is 1. The fourth-order valence-corrected chi connectivity index (χ4v) is 2.46. The average Bonchev–Trinajstić information content (AvgIpc) is 2.55. The van der Waals surface area contributed by atoms with Gasteiger partial charge >= 0.3 is 0 Å². The van der Waals surface area contributed by atoms with Crippen molar-refractivity contribution in [3.63, 3.8) is 0 Å². The largest absolute Gasteiger partial charge is 0.309 e. The number of benzene rings is 1. The van der Waals surface area contributed by atoms with Crippen LogP contribution in [0.1, 0.15) is 24.0 Å². The minimum atomic E-state index is 0.804. The predicted octanol–water partition coefficient (Wildman–Crippen LogP) is 4.81. The minimum Gasteiger partial charge on any atom is -0.309 e. The molecule has 2 rings (SSSR count). The first kappa shape index (κ1) is 15.3. The Bertz CT molecular complexity index is 588. The quantitative estimate of drug-likeness (QED) is 0.705. The molecule has 0 aromatic heterocycles. The van der Waals surface area contributed by atoms with Crippen molar-refractivity contribution in [3.05, 3.63) is 90.6 Å². The van der Waals surface area contributed by atoms with Crippen LogP contribution < -0.4 is 5.32 Å². The summed E-state index contributed by atoms with van der Waals surface area (Å²) in [6.45, 7) is 9.20. The number of hydrogen-bond donors (Lipinski definition) is 1. The van der Waals surface area contributed by atoms with Crippen LogP contribution in [0.4, 0.5) is 0 Å². The van der Waals surface area contributed by atoms with Crippen molar-refractivity contribution in [2.24, 2.45) is 0 Å². The van der Waals surface area contributed by atoms with E-state index in [1.54, 1.807) is 6.08 Å². The van der Waals surface area contributed by atoms with Gasteiger partial charge in [-0.2, -0.15) is 0 Å². The molecule has 1 aromatic carbocycles. The normalized spacial score (nSPS) is 14.7. The highest BCUT2D eigenvalue weighted by Gasteiger charge is 2.06. The molecule has 1 heteroatoms. The third-order valence-electron chi connectivity index (χ3n) is 3.56. The molecule has 1 aliphatic carbocycles. The van der Waals surface area contributed by atoms with Gasteiger partial charge in [0.1, 0.15) is 0 Å². The van der Waals surface area contributed by atoms with Crippen molar-refractivity contribution >= 4 is 5.57 Å². The van der Waals surface area contributed by atoms with E-state index in [4.69, 9.17) is 0 Å². The second kappa shape index (κ2) is 8.23. The Balaban J connectivity index is 2.05. The highest BCUT2D eigenvalue weighted by Crippen LogP contribution is 2.24. The van der Waals surface area contributed by atoms with E-state index in [9.17, 15) is 0 Å². The smallest absolute Gasteiger partial charge is 0.0214 e. The second-order valence-electron chi connectivity index (χ2n) is 5.08. The molecule has 0 heterocycles. The summed E-state index contributed by atoms with van der Waals surface area (Å²) in [5.41, 5.74) is 5.15. The van der Waals surface area contributed by atoms with Gasteiger partial charge in [0.15, 0.2) is 0 Å². The van der Waals surface area contributed by atoms with Gasteiger partial charge in [-0.15, -0.1) is 0 Å². The summed E-state index contributed by atoms with van der Waals surface area (Å²) in [6, 6.07) is 8.60. The van der Waals surface area contributed by atoms with Crippen LogP contribution in [0.2, 0.25) is 0 Å². The molecule has 0 aliphatic heterocycles. The van der Waals surface area contributed by atoms with Crippen molar-refractivity contribution < 1.29 is 0 Å². The van der Waals surface area contributed by atoms with E-state index >= 15 is 0 Å². The van der Waals surface area contributed by atoms with E-state index in [1.807, 2.05) is 12.2 Å². The lowest BCUT2D eigenvalue weighted by Gasteiger charge is -2.13. The molecule has 0 atom stereocenters. The molecular weight excluding hydrogens is 254 g/mol. The van der Waals surface area contributed by atoms with Gasteiger partial charge in [0, 0.05) is 13.1 Å². The zero-order valence-electron chi connectivity index (χ0n) is 12.5. The summed E-state index contributed by atoms with van der Waals surface area (Å²) < 4.78 is 0. The van der Waals surface area contributed by atoms with Crippen molar-refractivity contribution in [1.82, 2.24) is 5.32 Å². The number of hydrogen-bond acceptors (Lipinski definition) is 1. The van der Waals surface area contributed by atoms with Crippen LogP contribution in [0.3, 0.4) is 0 Å². The van der Waals surface area contributed by atoms with Crippen LogP contribution >= 0.6 is 0 Å². The van der Waals surface area contributed by atoms with Crippen molar-refractivity contribution in [2.45, 2.75) is 19.4 Å². The van der Waals surface area contributed by atoms with Gasteiger partial charge < -0.3 is 5.32 Å². The van der Waals surface area contributed by atoms with Gasteiger partial charge in [0.2, 0.25) is 0 Å². The van der Waals surface area contributed by atoms with Crippen LogP contribution in [0.5, 0.6) is 0 Å². The Labute approximate surface area is 128 Å². The molecule has 0 fully saturated rings. The third kappa shape index (κ3) is 4.44. The van der Waals surface area contributed by atoms with Gasteiger partial charge in [-0.25, -0.2) is 0 Å². The highest BCUT2D eigenvalue weighted by atomic mass is 14.8. The van der Waals surface area contributed by atoms with Gasteiger partial charge in [-0.1, -0.05) is 73.9 Å². The maximum atomic E-state index is 3.82. The molecular formula is C20H23N. The standard InChI is InChI=1S/C20H23N/c1-3-10-17(4-2)15-21-16-19-13-8-9-14-20(19)18-11-6-5-7-12-18/h3-4,6,8-14,21H,1-2,5,7,15-16H2/b17-10+. The lowest BCUT2D eigenvalue weighted by Crippen LogP contribution is -2.16. The molecule has 0 spiro atoms. The fraction of sp³-hybridized carbons (Fsp3) is 0.200. The van der Waals surface area contributed by atoms with E-state index in [-0.39, 0.29) is 0 Å². The molecule has 0 bridgehead atoms. The van der Waals surface area contributed by atoms with Crippen LogP contribution in [0.25, 0.3) is 5.57 Å². The maximum absolute atomic E-state index is 3.82. The Morgan fingerprint density at radius 1 is 1.19 bits per heavy atom. The molecule has 0 saturated carbocycles. The Kier molecular flexibility index (Phi) is 5.99. The van der Waals surface area contributed by atoms with E-state index in [2.05, 4.69) is 61.0 Å². The molecule has 1 nitrogen and oxygen atoms in total. The first-order chi connectivity index (χ1) is 10.3. The van der Waals surface area contributed by atoms with Gasteiger partial charge in [0.25, 0.3) is 0 Å². The van der Waals surface area contributed by atoms with Crippen LogP contribution in [0, 0.1) is 0 Å². The lowest BCUT2D eigenvalue weighted by molar-refractivity contribution is 0.746. The monoisotopic (exact) mass is 277 g/mol. The van der Waals surface area contributed by atoms with E-state index < -0.39 is 0 Å². The first-order valence-corrected chi connectivity index (χ1v) is 7.45. The molecule has 1 N–H and O–H groups in total. The molecule has 0 radical (unpaired) electrons.